The molecule has 0 aromatic rings. The predicted molar refractivity (Wildman–Crippen MR) is 31.1 cm³/mol. The van der Waals surface area contributed by atoms with Crippen LogP contribution in [0.3, 0.4) is 0 Å². The zero-order chi connectivity index (χ0) is 7.86. The minimum Gasteiger partial charge on any atom is -0.481 e. The van der Waals surface area contributed by atoms with Gasteiger partial charge < -0.3 is 10.2 Å². The van der Waals surface area contributed by atoms with E-state index in [1.165, 1.54) is 0 Å². The van der Waals surface area contributed by atoms with Gasteiger partial charge in [0, 0.05) is 13.0 Å². The average Bonchev–Trinajstić information content (AvgIpc) is 1.65. The third-order valence-electron chi connectivity index (χ3n) is 0.175. The summed E-state index contributed by atoms with van der Waals surface area (Å²) in [5.74, 6) is -1.81. The van der Waals surface area contributed by atoms with Gasteiger partial charge in [0.05, 0.1) is 0 Å². The molecule has 0 atom stereocenters. The van der Waals surface area contributed by atoms with Gasteiger partial charge in [-0.3, -0.25) is 4.79 Å². The smallest absolute Gasteiger partial charge is 0.327 e. The zero-order valence-electron chi connectivity index (χ0n) is 5.00. The Hall–Kier alpha value is -1.32. The average molecular weight is 132 g/mol. The molecule has 0 radical (unpaired) electrons. The lowest BCUT2D eigenvalue weighted by atomic mass is 10.7. The minimum absolute atomic E-state index is 0.833. The summed E-state index contributed by atoms with van der Waals surface area (Å²) in [6.07, 6.45) is 0.833. The fraction of sp³-hybridized carbons (Fsp3) is 0.200. The highest BCUT2D eigenvalue weighted by Crippen LogP contribution is 1.54. The summed E-state index contributed by atoms with van der Waals surface area (Å²) in [4.78, 5) is 18.2. The summed E-state index contributed by atoms with van der Waals surface area (Å²) in [7, 11) is 0. The van der Waals surface area contributed by atoms with Gasteiger partial charge in [-0.05, 0) is 0 Å². The summed E-state index contributed by atoms with van der Waals surface area (Å²) in [5.41, 5.74) is 0. The van der Waals surface area contributed by atoms with Crippen molar-refractivity contribution in [2.45, 2.75) is 6.92 Å². The minimum atomic E-state index is -0.981. The fourth-order valence-electron chi connectivity index (χ4n) is 0. The molecule has 4 nitrogen and oxygen atoms in total. The summed E-state index contributed by atoms with van der Waals surface area (Å²) in [6, 6.07) is 0. The molecule has 0 aliphatic rings. The monoisotopic (exact) mass is 132 g/mol. The second kappa shape index (κ2) is 6.68. The summed E-state index contributed by atoms with van der Waals surface area (Å²) in [5, 5.41) is 15.0. The second-order valence-corrected chi connectivity index (χ2v) is 1.06. The van der Waals surface area contributed by atoms with Crippen molar-refractivity contribution in [3.05, 3.63) is 12.7 Å². The van der Waals surface area contributed by atoms with Gasteiger partial charge in [-0.2, -0.15) is 0 Å². The third-order valence-corrected chi connectivity index (χ3v) is 0.175. The van der Waals surface area contributed by atoms with Gasteiger partial charge in [-0.15, -0.1) is 0 Å². The molecule has 0 heterocycles. The molecule has 0 fully saturated rings. The van der Waals surface area contributed by atoms with Gasteiger partial charge in [0.15, 0.2) is 0 Å². The molecular formula is C5H8O4. The lowest BCUT2D eigenvalue weighted by Gasteiger charge is -1.64. The Kier molecular flexibility index (Phi) is 7.88. The third kappa shape index (κ3) is 316. The maximum atomic E-state index is 9.25. The Balaban J connectivity index is 0. The first kappa shape index (κ1) is 10.6. The van der Waals surface area contributed by atoms with Crippen LogP contribution in [0.15, 0.2) is 12.7 Å². The Morgan fingerprint density at radius 2 is 1.56 bits per heavy atom. The molecule has 4 heteroatoms. The van der Waals surface area contributed by atoms with Crippen molar-refractivity contribution < 1.29 is 19.8 Å². The molecule has 0 bridgehead atoms. The molecule has 0 rings (SSSR count). The van der Waals surface area contributed by atoms with Crippen LogP contribution in [0.2, 0.25) is 0 Å². The van der Waals surface area contributed by atoms with Crippen LogP contribution >= 0.6 is 0 Å². The molecule has 2 N–H and O–H groups in total. The van der Waals surface area contributed by atoms with Crippen LogP contribution in [-0.2, 0) is 9.59 Å². The van der Waals surface area contributed by atoms with Gasteiger partial charge in [-0.1, -0.05) is 6.58 Å². The van der Waals surface area contributed by atoms with E-state index in [0.29, 0.717) is 0 Å². The number of carboxylic acid groups (broad SMARTS) is 2. The molecule has 9 heavy (non-hydrogen) atoms. The highest BCUT2D eigenvalue weighted by molar-refractivity contribution is 5.78. The first-order valence-electron chi connectivity index (χ1n) is 2.05. The predicted octanol–water partition coefficient (Wildman–Crippen LogP) is 0.348. The van der Waals surface area contributed by atoms with E-state index in [2.05, 4.69) is 6.58 Å². The molecule has 0 spiro atoms. The summed E-state index contributed by atoms with van der Waals surface area (Å²) < 4.78 is 0. The van der Waals surface area contributed by atoms with Crippen molar-refractivity contribution in [3.63, 3.8) is 0 Å². The van der Waals surface area contributed by atoms with Crippen molar-refractivity contribution in [3.8, 4) is 0 Å². The molecule has 0 saturated carbocycles. The van der Waals surface area contributed by atoms with Crippen molar-refractivity contribution in [1.82, 2.24) is 0 Å². The number of carboxylic acids is 2. The van der Waals surface area contributed by atoms with E-state index in [4.69, 9.17) is 15.0 Å². The van der Waals surface area contributed by atoms with Crippen molar-refractivity contribution >= 4 is 11.9 Å². The number of hydrogen-bond donors (Lipinski definition) is 2. The largest absolute Gasteiger partial charge is 0.481 e. The number of aliphatic carboxylic acids is 2. The standard InChI is InChI=1S/C3H4O2.C2H4O2/c1-2-3(4)5;1-2(3)4/h2H,1H2,(H,4,5);1H3,(H,3,4). The molecule has 52 valence electrons. The summed E-state index contributed by atoms with van der Waals surface area (Å²) in [6.45, 7) is 4.04. The van der Waals surface area contributed by atoms with Gasteiger partial charge in [-0.25, -0.2) is 4.79 Å². The van der Waals surface area contributed by atoms with Gasteiger partial charge in [0.2, 0.25) is 0 Å². The molecular weight excluding hydrogens is 124 g/mol. The van der Waals surface area contributed by atoms with Crippen LogP contribution in [0.5, 0.6) is 0 Å². The fourth-order valence-corrected chi connectivity index (χ4v) is 0. The van der Waals surface area contributed by atoms with Crippen molar-refractivity contribution in [1.29, 1.82) is 0 Å². The molecule has 0 aromatic heterocycles. The second-order valence-electron chi connectivity index (χ2n) is 1.06. The number of carbonyl (C=O) groups is 2. The molecule has 0 saturated heterocycles. The first-order chi connectivity index (χ1) is 4.00. The molecule has 0 unspecified atom stereocenters. The van der Waals surface area contributed by atoms with Gasteiger partial charge in [0.1, 0.15) is 0 Å². The highest BCUT2D eigenvalue weighted by Gasteiger charge is 1.73. The molecule has 0 amide bonds. The number of rotatable bonds is 1. The number of hydrogen-bond acceptors (Lipinski definition) is 2. The Bertz CT molecular complexity index is 112. The van der Waals surface area contributed by atoms with E-state index >= 15 is 0 Å². The highest BCUT2D eigenvalue weighted by atomic mass is 16.4. The van der Waals surface area contributed by atoms with Crippen LogP contribution in [0.1, 0.15) is 6.92 Å². The molecule has 0 aliphatic heterocycles. The topological polar surface area (TPSA) is 74.6 Å². The van der Waals surface area contributed by atoms with E-state index in [-0.39, 0.29) is 0 Å². The normalized spacial score (nSPS) is 6.33. The van der Waals surface area contributed by atoms with Crippen LogP contribution < -0.4 is 0 Å². The van der Waals surface area contributed by atoms with Crippen LogP contribution in [0.4, 0.5) is 0 Å². The lowest BCUT2D eigenvalue weighted by molar-refractivity contribution is -0.134. The molecule has 0 aromatic carbocycles. The van der Waals surface area contributed by atoms with E-state index in [0.717, 1.165) is 13.0 Å². The molecule has 0 aliphatic carbocycles. The first-order valence-corrected chi connectivity index (χ1v) is 2.05. The maximum absolute atomic E-state index is 9.25. The lowest BCUT2D eigenvalue weighted by Crippen LogP contribution is -1.82. The quantitative estimate of drug-likeness (QED) is 0.505. The maximum Gasteiger partial charge on any atom is 0.327 e. The van der Waals surface area contributed by atoms with Gasteiger partial charge in [0.25, 0.3) is 5.97 Å². The van der Waals surface area contributed by atoms with Crippen molar-refractivity contribution in [2.75, 3.05) is 0 Å². The van der Waals surface area contributed by atoms with E-state index < -0.39 is 11.9 Å². The van der Waals surface area contributed by atoms with E-state index in [9.17, 15) is 4.79 Å². The van der Waals surface area contributed by atoms with Crippen LogP contribution in [0, 0.1) is 0 Å². The Morgan fingerprint density at radius 3 is 1.56 bits per heavy atom. The van der Waals surface area contributed by atoms with E-state index in [1.54, 1.807) is 0 Å². The van der Waals surface area contributed by atoms with Crippen LogP contribution in [0.25, 0.3) is 0 Å². The van der Waals surface area contributed by atoms with Crippen molar-refractivity contribution in [2.24, 2.45) is 0 Å². The van der Waals surface area contributed by atoms with E-state index in [1.807, 2.05) is 0 Å². The SMILES string of the molecule is C=CC(=O)O.CC(=O)O. The summed E-state index contributed by atoms with van der Waals surface area (Å²) >= 11 is 0. The Morgan fingerprint density at radius 1 is 1.44 bits per heavy atom. The Labute approximate surface area is 52.4 Å². The zero-order valence-corrected chi connectivity index (χ0v) is 5.00. The van der Waals surface area contributed by atoms with Gasteiger partial charge >= 0.3 is 5.97 Å². The van der Waals surface area contributed by atoms with Crippen LogP contribution in [-0.4, -0.2) is 22.2 Å².